The molecule has 1 aromatic rings. The second-order valence-electron chi connectivity index (χ2n) is 8.21. The summed E-state index contributed by atoms with van der Waals surface area (Å²) < 4.78 is 16.8. The summed E-state index contributed by atoms with van der Waals surface area (Å²) in [6, 6.07) is 0. The summed E-state index contributed by atoms with van der Waals surface area (Å²) in [6.45, 7) is 7.48. The van der Waals surface area contributed by atoms with Crippen molar-refractivity contribution in [3.63, 3.8) is 0 Å². The fourth-order valence-corrected chi connectivity index (χ4v) is 5.88. The first-order chi connectivity index (χ1) is 14.0. The quantitative estimate of drug-likeness (QED) is 0.736. The fraction of sp³-hybridized carbons (Fsp3) is 0.714. The van der Waals surface area contributed by atoms with Gasteiger partial charge in [0.2, 0.25) is 5.91 Å². The van der Waals surface area contributed by atoms with Gasteiger partial charge >= 0.3 is 5.97 Å². The van der Waals surface area contributed by atoms with E-state index in [1.165, 1.54) is 16.2 Å². The molecule has 1 aliphatic carbocycles. The summed E-state index contributed by atoms with van der Waals surface area (Å²) in [6.07, 6.45) is 4.43. The van der Waals surface area contributed by atoms with Crippen LogP contribution in [0.4, 0.5) is 5.00 Å². The molecule has 3 aliphatic rings. The third-order valence-corrected chi connectivity index (χ3v) is 7.21. The van der Waals surface area contributed by atoms with E-state index in [2.05, 4.69) is 17.1 Å². The normalized spacial score (nSPS) is 23.7. The number of hydrogen-bond acceptors (Lipinski definition) is 7. The van der Waals surface area contributed by atoms with Crippen molar-refractivity contribution in [2.75, 3.05) is 44.8 Å². The summed E-state index contributed by atoms with van der Waals surface area (Å²) in [5, 5.41) is 3.65. The van der Waals surface area contributed by atoms with Crippen LogP contribution in [0.5, 0.6) is 0 Å². The number of thiophene rings is 1. The van der Waals surface area contributed by atoms with Crippen LogP contribution in [0.15, 0.2) is 0 Å². The molecule has 29 heavy (non-hydrogen) atoms. The number of piperidine rings is 1. The summed E-state index contributed by atoms with van der Waals surface area (Å²) in [4.78, 5) is 28.7. The maximum absolute atomic E-state index is 12.7. The number of esters is 1. The lowest BCUT2D eigenvalue weighted by molar-refractivity contribution is -0.185. The van der Waals surface area contributed by atoms with Crippen molar-refractivity contribution in [3.05, 3.63) is 16.0 Å². The van der Waals surface area contributed by atoms with Gasteiger partial charge in [0.05, 0.1) is 31.9 Å². The van der Waals surface area contributed by atoms with E-state index in [-0.39, 0.29) is 11.9 Å². The van der Waals surface area contributed by atoms with Crippen LogP contribution in [0.3, 0.4) is 0 Å². The molecular formula is C21H30N2O5S. The number of carbonyl (C=O) groups excluding carboxylic acids is 2. The highest BCUT2D eigenvalue weighted by atomic mass is 32.1. The van der Waals surface area contributed by atoms with Crippen molar-refractivity contribution in [2.45, 2.75) is 51.7 Å². The third-order valence-electron chi connectivity index (χ3n) is 6.04. The zero-order valence-corrected chi connectivity index (χ0v) is 18.1. The zero-order valence-electron chi connectivity index (χ0n) is 17.3. The molecule has 2 fully saturated rings. The van der Waals surface area contributed by atoms with Gasteiger partial charge in [-0.2, -0.15) is 0 Å². The molecule has 0 bridgehead atoms. The van der Waals surface area contributed by atoms with E-state index in [0.29, 0.717) is 42.8 Å². The van der Waals surface area contributed by atoms with Gasteiger partial charge in [0.25, 0.3) is 0 Å². The first-order valence-corrected chi connectivity index (χ1v) is 11.4. The number of anilines is 1. The smallest absolute Gasteiger partial charge is 0.341 e. The van der Waals surface area contributed by atoms with Crippen LogP contribution >= 0.6 is 11.3 Å². The van der Waals surface area contributed by atoms with E-state index < -0.39 is 5.79 Å². The molecule has 0 radical (unpaired) electrons. The third kappa shape index (κ3) is 4.50. The Labute approximate surface area is 175 Å². The number of hydrogen-bond donors (Lipinski definition) is 1. The Hall–Kier alpha value is -1.48. The summed E-state index contributed by atoms with van der Waals surface area (Å²) in [5.74, 6) is -0.259. The number of nitrogens with one attached hydrogen (secondary N) is 1. The molecule has 1 N–H and O–H groups in total. The van der Waals surface area contributed by atoms with E-state index in [0.717, 1.165) is 50.8 Å². The van der Waals surface area contributed by atoms with E-state index >= 15 is 0 Å². The Balaban J connectivity index is 1.42. The number of rotatable bonds is 5. The summed E-state index contributed by atoms with van der Waals surface area (Å²) in [7, 11) is 0. The van der Waals surface area contributed by atoms with Crippen molar-refractivity contribution in [3.8, 4) is 0 Å². The maximum Gasteiger partial charge on any atom is 0.341 e. The SMILES string of the molecule is CCOC(=O)c1c(NC(=O)CN2CCC3(CC2)OCCO3)sc2c1CCC(C)C2. The molecular weight excluding hydrogens is 392 g/mol. The van der Waals surface area contributed by atoms with E-state index in [4.69, 9.17) is 14.2 Å². The number of likely N-dealkylation sites (tertiary alicyclic amines) is 1. The topological polar surface area (TPSA) is 77.1 Å². The average molecular weight is 423 g/mol. The zero-order chi connectivity index (χ0) is 20.4. The molecule has 1 amide bonds. The molecule has 1 unspecified atom stereocenters. The second-order valence-corrected chi connectivity index (χ2v) is 9.31. The Morgan fingerprint density at radius 2 is 2.00 bits per heavy atom. The van der Waals surface area contributed by atoms with Crippen molar-refractivity contribution < 1.29 is 23.8 Å². The van der Waals surface area contributed by atoms with Crippen LogP contribution in [-0.4, -0.2) is 62.0 Å². The molecule has 160 valence electrons. The first-order valence-electron chi connectivity index (χ1n) is 10.6. The lowest BCUT2D eigenvalue weighted by Crippen LogP contribution is -2.47. The van der Waals surface area contributed by atoms with Crippen molar-refractivity contribution in [1.82, 2.24) is 4.90 Å². The van der Waals surface area contributed by atoms with Gasteiger partial charge in [0.15, 0.2) is 5.79 Å². The standard InChI is InChI=1S/C21H30N2O5S/c1-3-26-20(25)18-15-5-4-14(2)12-16(15)29-19(18)22-17(24)13-23-8-6-21(7-9-23)27-10-11-28-21/h14H,3-13H2,1-2H3,(H,22,24). The Kier molecular flexibility index (Phi) is 6.24. The van der Waals surface area contributed by atoms with Crippen LogP contribution in [0.25, 0.3) is 0 Å². The minimum absolute atomic E-state index is 0.0913. The molecule has 3 heterocycles. The number of nitrogens with zero attached hydrogens (tertiary/aromatic N) is 1. The lowest BCUT2D eigenvalue weighted by Gasteiger charge is -2.37. The van der Waals surface area contributed by atoms with Gasteiger partial charge in [-0.1, -0.05) is 6.92 Å². The molecule has 4 rings (SSSR count). The highest BCUT2D eigenvalue weighted by Gasteiger charge is 2.40. The predicted octanol–water partition coefficient (Wildman–Crippen LogP) is 2.83. The van der Waals surface area contributed by atoms with Crippen molar-refractivity contribution in [1.29, 1.82) is 0 Å². The highest BCUT2D eigenvalue weighted by Crippen LogP contribution is 2.40. The van der Waals surface area contributed by atoms with Crippen LogP contribution < -0.4 is 5.32 Å². The van der Waals surface area contributed by atoms with Crippen molar-refractivity contribution in [2.24, 2.45) is 5.92 Å². The largest absolute Gasteiger partial charge is 0.462 e. The summed E-state index contributed by atoms with van der Waals surface area (Å²) >= 11 is 1.53. The molecule has 1 spiro atoms. The Bertz CT molecular complexity index is 761. The van der Waals surface area contributed by atoms with Gasteiger partial charge in [-0.05, 0) is 37.7 Å². The first kappa shape index (κ1) is 20.8. The number of fused-ring (bicyclic) bond motifs is 1. The van der Waals surface area contributed by atoms with Gasteiger partial charge in [-0.25, -0.2) is 4.79 Å². The minimum atomic E-state index is -0.437. The molecule has 2 aliphatic heterocycles. The number of carbonyl (C=O) groups is 2. The molecule has 0 saturated carbocycles. The molecule has 8 heteroatoms. The molecule has 7 nitrogen and oxygen atoms in total. The van der Waals surface area contributed by atoms with Crippen LogP contribution in [0, 0.1) is 5.92 Å². The monoisotopic (exact) mass is 422 g/mol. The Morgan fingerprint density at radius 1 is 1.28 bits per heavy atom. The van der Waals surface area contributed by atoms with Gasteiger partial charge in [0.1, 0.15) is 5.00 Å². The number of amides is 1. The van der Waals surface area contributed by atoms with Crippen LogP contribution in [0.2, 0.25) is 0 Å². The molecule has 0 aromatic carbocycles. The van der Waals surface area contributed by atoms with Gasteiger partial charge in [-0.3, -0.25) is 9.69 Å². The Morgan fingerprint density at radius 3 is 2.69 bits per heavy atom. The van der Waals surface area contributed by atoms with Crippen molar-refractivity contribution >= 4 is 28.2 Å². The molecule has 1 aromatic heterocycles. The lowest BCUT2D eigenvalue weighted by atomic mass is 9.88. The van der Waals surface area contributed by atoms with Crippen LogP contribution in [0.1, 0.15) is 53.9 Å². The minimum Gasteiger partial charge on any atom is -0.462 e. The fourth-order valence-electron chi connectivity index (χ4n) is 4.46. The second kappa shape index (κ2) is 8.71. The number of ether oxygens (including phenoxy) is 3. The van der Waals surface area contributed by atoms with Gasteiger partial charge < -0.3 is 19.5 Å². The highest BCUT2D eigenvalue weighted by molar-refractivity contribution is 7.17. The van der Waals surface area contributed by atoms with E-state index in [1.807, 2.05) is 0 Å². The van der Waals surface area contributed by atoms with Crippen LogP contribution in [-0.2, 0) is 31.8 Å². The molecule has 2 saturated heterocycles. The average Bonchev–Trinajstić information content (AvgIpc) is 3.28. The molecule has 1 atom stereocenters. The van der Waals surface area contributed by atoms with Gasteiger partial charge in [-0.15, -0.1) is 11.3 Å². The predicted molar refractivity (Wildman–Crippen MR) is 110 cm³/mol. The van der Waals surface area contributed by atoms with E-state index in [9.17, 15) is 9.59 Å². The van der Waals surface area contributed by atoms with E-state index in [1.54, 1.807) is 6.92 Å². The maximum atomic E-state index is 12.7. The van der Waals surface area contributed by atoms with Gasteiger partial charge in [0, 0.05) is 30.8 Å². The summed E-state index contributed by atoms with van der Waals surface area (Å²) in [5.41, 5.74) is 1.63.